The number of carbonyl (C=O) groups is 2. The minimum absolute atomic E-state index is 0.0448. The normalized spacial score (nSPS) is 20.1. The molecule has 9 heteroatoms. The van der Waals surface area contributed by atoms with Crippen molar-refractivity contribution in [3.8, 4) is 5.69 Å². The molecule has 37 heavy (non-hydrogen) atoms. The van der Waals surface area contributed by atoms with Crippen molar-refractivity contribution in [3.63, 3.8) is 0 Å². The first kappa shape index (κ1) is 26.0. The third-order valence-corrected chi connectivity index (χ3v) is 9.02. The van der Waals surface area contributed by atoms with Gasteiger partial charge in [0.25, 0.3) is 0 Å². The van der Waals surface area contributed by atoms with Crippen molar-refractivity contribution in [3.05, 3.63) is 63.5 Å². The van der Waals surface area contributed by atoms with Crippen molar-refractivity contribution in [2.75, 3.05) is 30.3 Å². The van der Waals surface area contributed by atoms with Gasteiger partial charge < -0.3 is 10.1 Å². The molecule has 5 rings (SSSR count). The molecule has 0 unspecified atom stereocenters. The van der Waals surface area contributed by atoms with Crippen LogP contribution < -0.4 is 10.2 Å². The summed E-state index contributed by atoms with van der Waals surface area (Å²) in [6.45, 7) is 9.64. The minimum atomic E-state index is -0.268. The van der Waals surface area contributed by atoms with Gasteiger partial charge in [-0.15, -0.1) is 23.1 Å². The number of hydrogen-bond donors (Lipinski definition) is 1. The van der Waals surface area contributed by atoms with E-state index in [9.17, 15) is 9.59 Å². The molecule has 1 fully saturated rings. The Hall–Kier alpha value is -2.62. The monoisotopic (exact) mass is 538 g/mol. The molecule has 2 atom stereocenters. The second kappa shape index (κ2) is 10.6. The third kappa shape index (κ3) is 5.49. The topological polar surface area (TPSA) is 76.5 Å². The molecule has 3 aromatic rings. The molecule has 0 saturated carbocycles. The second-order valence-corrected chi connectivity index (χ2v) is 12.8. The molecule has 0 aliphatic carbocycles. The fraction of sp³-hybridized carbons (Fsp3) is 0.464. The third-order valence-electron chi connectivity index (χ3n) is 6.70. The van der Waals surface area contributed by atoms with E-state index in [1.807, 2.05) is 35.9 Å². The average Bonchev–Trinajstić information content (AvgIpc) is 3.61. The number of fused-ring (bicyclic) bond motifs is 1. The van der Waals surface area contributed by atoms with Crippen molar-refractivity contribution >= 4 is 40.7 Å². The number of thiophene rings is 1. The molecule has 2 aromatic heterocycles. The molecule has 7 nitrogen and oxygen atoms in total. The zero-order valence-electron chi connectivity index (χ0n) is 21.8. The highest BCUT2D eigenvalue weighted by Crippen LogP contribution is 2.49. The first-order valence-corrected chi connectivity index (χ1v) is 14.7. The zero-order valence-corrected chi connectivity index (χ0v) is 23.5. The first-order valence-electron chi connectivity index (χ1n) is 12.8. The number of aromatic nitrogens is 2. The molecular formula is C28H34N4O3S2. The zero-order chi connectivity index (χ0) is 26.2. The van der Waals surface area contributed by atoms with E-state index in [-0.39, 0.29) is 40.9 Å². The summed E-state index contributed by atoms with van der Waals surface area (Å²) < 4.78 is 7.54. The summed E-state index contributed by atoms with van der Waals surface area (Å²) in [6, 6.07) is 12.3. The van der Waals surface area contributed by atoms with Crippen molar-refractivity contribution in [2.24, 2.45) is 0 Å². The maximum absolute atomic E-state index is 13.7. The average molecular weight is 539 g/mol. The predicted octanol–water partition coefficient (Wildman–Crippen LogP) is 5.00. The fourth-order valence-corrected chi connectivity index (χ4v) is 7.09. The quantitative estimate of drug-likeness (QED) is 0.478. The van der Waals surface area contributed by atoms with Crippen LogP contribution in [0.2, 0.25) is 0 Å². The van der Waals surface area contributed by atoms with Crippen LogP contribution in [0, 0.1) is 6.92 Å². The van der Waals surface area contributed by atoms with E-state index < -0.39 is 0 Å². The van der Waals surface area contributed by atoms with Gasteiger partial charge in [0.15, 0.2) is 0 Å². The number of amides is 2. The lowest BCUT2D eigenvalue weighted by atomic mass is 9.88. The number of aryl methyl sites for hydroxylation is 1. The van der Waals surface area contributed by atoms with E-state index in [4.69, 9.17) is 9.84 Å². The maximum atomic E-state index is 13.7. The number of nitrogens with zero attached hydrogens (tertiary/aromatic N) is 3. The largest absolute Gasteiger partial charge is 0.376 e. The van der Waals surface area contributed by atoms with Crippen LogP contribution in [-0.4, -0.2) is 53.1 Å². The van der Waals surface area contributed by atoms with Crippen LogP contribution in [0.4, 0.5) is 5.82 Å². The minimum Gasteiger partial charge on any atom is -0.376 e. The number of hydrogen-bond acceptors (Lipinski definition) is 6. The molecule has 2 amide bonds. The molecule has 0 spiro atoms. The summed E-state index contributed by atoms with van der Waals surface area (Å²) in [6.07, 6.45) is 2.01. The first-order chi connectivity index (χ1) is 17.7. The molecule has 1 aromatic carbocycles. The number of carbonyl (C=O) groups excluding carboxylic acids is 2. The van der Waals surface area contributed by atoms with Gasteiger partial charge in [-0.1, -0.05) is 39.0 Å². The van der Waals surface area contributed by atoms with E-state index in [1.54, 1.807) is 28.0 Å². The van der Waals surface area contributed by atoms with Gasteiger partial charge in [-0.25, -0.2) is 4.68 Å². The summed E-state index contributed by atoms with van der Waals surface area (Å²) in [5.74, 6) is 0.694. The maximum Gasteiger partial charge on any atom is 0.240 e. The van der Waals surface area contributed by atoms with E-state index in [0.29, 0.717) is 12.4 Å². The van der Waals surface area contributed by atoms with Crippen LogP contribution in [0.1, 0.15) is 60.6 Å². The van der Waals surface area contributed by atoms with Crippen molar-refractivity contribution in [1.82, 2.24) is 15.1 Å². The van der Waals surface area contributed by atoms with E-state index >= 15 is 0 Å². The van der Waals surface area contributed by atoms with Gasteiger partial charge in [0.1, 0.15) is 12.4 Å². The Bertz CT molecular complexity index is 1270. The summed E-state index contributed by atoms with van der Waals surface area (Å²) in [7, 11) is 0. The molecule has 1 N–H and O–H groups in total. The van der Waals surface area contributed by atoms with Gasteiger partial charge in [-0.3, -0.25) is 14.5 Å². The van der Waals surface area contributed by atoms with Gasteiger partial charge in [0, 0.05) is 29.0 Å². The van der Waals surface area contributed by atoms with Gasteiger partial charge >= 0.3 is 0 Å². The Morgan fingerprint density at radius 1 is 1.24 bits per heavy atom. The lowest BCUT2D eigenvalue weighted by Gasteiger charge is -2.24. The Balaban J connectivity index is 1.63. The van der Waals surface area contributed by atoms with Crippen LogP contribution in [-0.2, 0) is 19.7 Å². The SMILES string of the molecule is Cc1cccc(-n2nc(C(C)(C)C)c3c2N(CC(=O)NC[C@@H]2CCCO2)C(=O)CS[C@H]3c2cccs2)c1. The van der Waals surface area contributed by atoms with Crippen LogP contribution in [0.5, 0.6) is 0 Å². The highest BCUT2D eigenvalue weighted by Gasteiger charge is 2.40. The van der Waals surface area contributed by atoms with E-state index in [2.05, 4.69) is 43.6 Å². The van der Waals surface area contributed by atoms with Crippen LogP contribution in [0.3, 0.4) is 0 Å². The standard InChI is InChI=1S/C28H34N4O3S2/c1-18-8-5-9-19(14-18)32-27-24(26(30-32)28(2,3)4)25(21-11-7-13-36-21)37-17-23(34)31(27)16-22(33)29-15-20-10-6-12-35-20/h5,7-9,11,13-14,20,25H,6,10,12,15-17H2,1-4H3,(H,29,33)/t20-,25-/m0/s1. The van der Waals surface area contributed by atoms with Gasteiger partial charge in [0.05, 0.1) is 28.5 Å². The highest BCUT2D eigenvalue weighted by molar-refractivity contribution is 8.00. The summed E-state index contributed by atoms with van der Waals surface area (Å²) >= 11 is 3.30. The summed E-state index contributed by atoms with van der Waals surface area (Å²) in [5.41, 5.74) is 3.66. The Labute approximate surface area is 226 Å². The molecule has 0 bridgehead atoms. The Morgan fingerprint density at radius 2 is 2.08 bits per heavy atom. The van der Waals surface area contributed by atoms with Crippen molar-refractivity contribution in [2.45, 2.75) is 57.3 Å². The van der Waals surface area contributed by atoms with Crippen LogP contribution in [0.15, 0.2) is 41.8 Å². The highest BCUT2D eigenvalue weighted by atomic mass is 32.2. The van der Waals surface area contributed by atoms with Crippen LogP contribution >= 0.6 is 23.1 Å². The number of nitrogens with one attached hydrogen (secondary N) is 1. The number of anilines is 1. The summed E-state index contributed by atoms with van der Waals surface area (Å²) in [5, 5.41) is 10.2. The van der Waals surface area contributed by atoms with E-state index in [1.165, 1.54) is 4.88 Å². The molecular weight excluding hydrogens is 504 g/mol. The Kier molecular flexibility index (Phi) is 7.47. The molecule has 196 valence electrons. The number of thioether (sulfide) groups is 1. The lowest BCUT2D eigenvalue weighted by molar-refractivity contribution is -0.123. The van der Waals surface area contributed by atoms with E-state index in [0.717, 1.165) is 42.0 Å². The molecule has 1 saturated heterocycles. The second-order valence-electron chi connectivity index (χ2n) is 10.7. The summed E-state index contributed by atoms with van der Waals surface area (Å²) in [4.78, 5) is 29.6. The molecule has 4 heterocycles. The number of ether oxygens (including phenoxy) is 1. The number of rotatable bonds is 6. The van der Waals surface area contributed by atoms with Gasteiger partial charge in [-0.05, 0) is 48.9 Å². The van der Waals surface area contributed by atoms with Crippen molar-refractivity contribution < 1.29 is 14.3 Å². The predicted molar refractivity (Wildman–Crippen MR) is 150 cm³/mol. The van der Waals surface area contributed by atoms with Gasteiger partial charge in [-0.2, -0.15) is 5.10 Å². The molecule has 0 radical (unpaired) electrons. The fourth-order valence-electron chi connectivity index (χ4n) is 4.91. The number of benzene rings is 1. The van der Waals surface area contributed by atoms with Gasteiger partial charge in [0.2, 0.25) is 11.8 Å². The molecule has 2 aliphatic heterocycles. The lowest BCUT2D eigenvalue weighted by Crippen LogP contribution is -2.44. The smallest absolute Gasteiger partial charge is 0.240 e. The molecule has 2 aliphatic rings. The Morgan fingerprint density at radius 3 is 2.76 bits per heavy atom. The van der Waals surface area contributed by atoms with Crippen LogP contribution in [0.25, 0.3) is 5.69 Å². The van der Waals surface area contributed by atoms with Crippen molar-refractivity contribution in [1.29, 1.82) is 0 Å².